The van der Waals surface area contributed by atoms with Crippen molar-refractivity contribution in [3.05, 3.63) is 47.3 Å². The number of aromatic amines is 1. The van der Waals surface area contributed by atoms with Crippen LogP contribution < -0.4 is 10.1 Å². The van der Waals surface area contributed by atoms with Crippen LogP contribution in [0.15, 0.2) is 30.5 Å². The van der Waals surface area contributed by atoms with Crippen LogP contribution in [-0.2, 0) is 6.54 Å². The largest absolute Gasteiger partial charge is 0.494 e. The van der Waals surface area contributed by atoms with E-state index < -0.39 is 0 Å². The van der Waals surface area contributed by atoms with Crippen molar-refractivity contribution in [3.63, 3.8) is 0 Å². The minimum Gasteiger partial charge on any atom is -0.494 e. The van der Waals surface area contributed by atoms with Gasteiger partial charge < -0.3 is 10.1 Å². The van der Waals surface area contributed by atoms with Crippen LogP contribution in [0.25, 0.3) is 0 Å². The minimum absolute atomic E-state index is 0.273. The molecule has 0 radical (unpaired) electrons. The fourth-order valence-corrected chi connectivity index (χ4v) is 1.98. The Morgan fingerprint density at radius 1 is 1.42 bits per heavy atom. The average molecular weight is 259 g/mol. The first-order valence-electron chi connectivity index (χ1n) is 6.65. The number of rotatable bonds is 6. The van der Waals surface area contributed by atoms with Crippen molar-refractivity contribution in [2.45, 2.75) is 33.4 Å². The summed E-state index contributed by atoms with van der Waals surface area (Å²) in [6.07, 6.45) is 1.87. The van der Waals surface area contributed by atoms with Crippen LogP contribution in [0, 0.1) is 6.92 Å². The Morgan fingerprint density at radius 3 is 2.95 bits per heavy atom. The fraction of sp³-hybridized carbons (Fsp3) is 0.400. The van der Waals surface area contributed by atoms with E-state index in [0.717, 1.165) is 18.0 Å². The second-order valence-electron chi connectivity index (χ2n) is 4.63. The first-order chi connectivity index (χ1) is 9.20. The van der Waals surface area contributed by atoms with Crippen molar-refractivity contribution in [2.24, 2.45) is 0 Å². The first kappa shape index (κ1) is 13.6. The van der Waals surface area contributed by atoms with Gasteiger partial charge in [0.2, 0.25) is 0 Å². The molecule has 0 bridgehead atoms. The van der Waals surface area contributed by atoms with E-state index in [2.05, 4.69) is 34.6 Å². The summed E-state index contributed by atoms with van der Waals surface area (Å²) in [5.41, 5.74) is 3.54. The van der Waals surface area contributed by atoms with Gasteiger partial charge >= 0.3 is 0 Å². The van der Waals surface area contributed by atoms with Gasteiger partial charge in [-0.3, -0.25) is 5.10 Å². The van der Waals surface area contributed by atoms with Crippen LogP contribution in [0.1, 0.15) is 36.7 Å². The van der Waals surface area contributed by atoms with E-state index in [-0.39, 0.29) is 6.04 Å². The van der Waals surface area contributed by atoms with Crippen molar-refractivity contribution in [1.29, 1.82) is 0 Å². The molecule has 1 heterocycles. The molecule has 4 nitrogen and oxygen atoms in total. The van der Waals surface area contributed by atoms with Gasteiger partial charge in [-0.2, -0.15) is 5.10 Å². The van der Waals surface area contributed by atoms with Gasteiger partial charge in [0, 0.05) is 23.8 Å². The molecule has 2 rings (SSSR count). The lowest BCUT2D eigenvalue weighted by molar-refractivity contribution is 0.339. The molecule has 1 atom stereocenters. The van der Waals surface area contributed by atoms with E-state index in [0.29, 0.717) is 6.61 Å². The molecule has 0 saturated heterocycles. The normalized spacial score (nSPS) is 12.4. The lowest BCUT2D eigenvalue weighted by Crippen LogP contribution is -2.18. The van der Waals surface area contributed by atoms with E-state index in [4.69, 9.17) is 4.74 Å². The molecule has 1 aromatic heterocycles. The molecule has 19 heavy (non-hydrogen) atoms. The highest BCUT2D eigenvalue weighted by Gasteiger charge is 2.07. The van der Waals surface area contributed by atoms with Crippen LogP contribution in [0.3, 0.4) is 0 Å². The van der Waals surface area contributed by atoms with Crippen molar-refractivity contribution >= 4 is 0 Å². The molecular weight excluding hydrogens is 238 g/mol. The Bertz CT molecular complexity index is 522. The molecule has 0 spiro atoms. The molecule has 2 aromatic rings. The van der Waals surface area contributed by atoms with E-state index in [1.807, 2.05) is 32.2 Å². The van der Waals surface area contributed by atoms with E-state index >= 15 is 0 Å². The molecule has 0 saturated carbocycles. The van der Waals surface area contributed by atoms with E-state index in [9.17, 15) is 0 Å². The third-order valence-electron chi connectivity index (χ3n) is 3.20. The van der Waals surface area contributed by atoms with Gasteiger partial charge in [0.05, 0.1) is 12.8 Å². The highest BCUT2D eigenvalue weighted by atomic mass is 16.5. The second kappa shape index (κ2) is 6.38. The quantitative estimate of drug-likeness (QED) is 0.838. The molecule has 4 heteroatoms. The average Bonchev–Trinajstić information content (AvgIpc) is 2.82. The summed E-state index contributed by atoms with van der Waals surface area (Å²) in [6, 6.07) is 8.49. The summed E-state index contributed by atoms with van der Waals surface area (Å²) in [5.74, 6) is 0.924. The van der Waals surface area contributed by atoms with Gasteiger partial charge in [0.15, 0.2) is 0 Å². The molecule has 0 amide bonds. The Kier molecular flexibility index (Phi) is 4.58. The van der Waals surface area contributed by atoms with Crippen LogP contribution in [0.2, 0.25) is 0 Å². The van der Waals surface area contributed by atoms with Crippen LogP contribution >= 0.6 is 0 Å². The number of nitrogens with one attached hydrogen (secondary N) is 2. The Morgan fingerprint density at radius 2 is 2.26 bits per heavy atom. The molecule has 102 valence electrons. The summed E-state index contributed by atoms with van der Waals surface area (Å²) in [6.45, 7) is 7.68. The van der Waals surface area contributed by atoms with Crippen molar-refractivity contribution in [1.82, 2.24) is 15.5 Å². The Hall–Kier alpha value is -1.81. The van der Waals surface area contributed by atoms with Gasteiger partial charge in [0.1, 0.15) is 5.75 Å². The molecule has 0 aliphatic heterocycles. The number of H-pyrrole nitrogens is 1. The summed E-state index contributed by atoms with van der Waals surface area (Å²) in [4.78, 5) is 0. The highest BCUT2D eigenvalue weighted by Crippen LogP contribution is 2.19. The zero-order valence-electron chi connectivity index (χ0n) is 11.7. The number of aromatic nitrogens is 2. The Labute approximate surface area is 114 Å². The van der Waals surface area contributed by atoms with Crippen molar-refractivity contribution in [2.75, 3.05) is 6.61 Å². The van der Waals surface area contributed by atoms with Crippen LogP contribution in [0.5, 0.6) is 5.75 Å². The third-order valence-corrected chi connectivity index (χ3v) is 3.20. The number of aryl methyl sites for hydroxylation is 1. The lowest BCUT2D eigenvalue weighted by Gasteiger charge is -2.15. The van der Waals surface area contributed by atoms with Gasteiger partial charge in [-0.25, -0.2) is 0 Å². The van der Waals surface area contributed by atoms with Gasteiger partial charge in [0.25, 0.3) is 0 Å². The smallest absolute Gasteiger partial charge is 0.119 e. The molecule has 0 aliphatic carbocycles. The van der Waals surface area contributed by atoms with Crippen molar-refractivity contribution in [3.8, 4) is 5.75 Å². The maximum absolute atomic E-state index is 5.52. The number of hydrogen-bond acceptors (Lipinski definition) is 3. The maximum atomic E-state index is 5.52. The number of hydrogen-bond donors (Lipinski definition) is 2. The van der Waals surface area contributed by atoms with Gasteiger partial charge in [-0.15, -0.1) is 0 Å². The van der Waals surface area contributed by atoms with Gasteiger partial charge in [-0.05, 0) is 38.5 Å². The molecule has 2 N–H and O–H groups in total. The first-order valence-corrected chi connectivity index (χ1v) is 6.65. The minimum atomic E-state index is 0.273. The number of benzene rings is 1. The Balaban J connectivity index is 1.97. The maximum Gasteiger partial charge on any atom is 0.119 e. The predicted octanol–water partition coefficient (Wildman–Crippen LogP) is 2.97. The van der Waals surface area contributed by atoms with E-state index in [1.165, 1.54) is 11.1 Å². The summed E-state index contributed by atoms with van der Waals surface area (Å²) < 4.78 is 5.52. The number of nitrogens with zero attached hydrogens (tertiary/aromatic N) is 1. The van der Waals surface area contributed by atoms with Crippen molar-refractivity contribution < 1.29 is 4.74 Å². The highest BCUT2D eigenvalue weighted by molar-refractivity contribution is 5.30. The van der Waals surface area contributed by atoms with E-state index in [1.54, 1.807) is 0 Å². The SMILES string of the molecule is CCOc1cccc([C@H](C)NCc2cn[nH]c2C)c1. The topological polar surface area (TPSA) is 49.9 Å². The molecule has 0 fully saturated rings. The predicted molar refractivity (Wildman–Crippen MR) is 76.2 cm³/mol. The number of ether oxygens (including phenoxy) is 1. The standard InChI is InChI=1S/C15H21N3O/c1-4-19-15-7-5-6-13(8-15)11(2)16-9-14-10-17-18-12(14)3/h5-8,10-11,16H,4,9H2,1-3H3,(H,17,18)/t11-/m0/s1. The molecule has 0 unspecified atom stereocenters. The summed E-state index contributed by atoms with van der Waals surface area (Å²) >= 11 is 0. The summed E-state index contributed by atoms with van der Waals surface area (Å²) in [5, 5.41) is 10.5. The lowest BCUT2D eigenvalue weighted by atomic mass is 10.1. The summed E-state index contributed by atoms with van der Waals surface area (Å²) in [7, 11) is 0. The molecular formula is C15H21N3O. The monoisotopic (exact) mass is 259 g/mol. The fourth-order valence-electron chi connectivity index (χ4n) is 1.98. The second-order valence-corrected chi connectivity index (χ2v) is 4.63. The molecule has 0 aliphatic rings. The zero-order chi connectivity index (χ0) is 13.7. The van der Waals surface area contributed by atoms with Crippen LogP contribution in [0.4, 0.5) is 0 Å². The van der Waals surface area contributed by atoms with Crippen LogP contribution in [-0.4, -0.2) is 16.8 Å². The molecule has 1 aromatic carbocycles. The third kappa shape index (κ3) is 3.58. The zero-order valence-corrected chi connectivity index (χ0v) is 11.7. The van der Waals surface area contributed by atoms with Gasteiger partial charge in [-0.1, -0.05) is 12.1 Å².